The number of benzene rings is 2. The normalized spacial score (nSPS) is 11.9. The van der Waals surface area contributed by atoms with E-state index >= 15 is 0 Å². The Labute approximate surface area is 163 Å². The van der Waals surface area contributed by atoms with Crippen LogP contribution in [0.15, 0.2) is 48.5 Å². The van der Waals surface area contributed by atoms with Crippen molar-refractivity contribution < 1.29 is 31.1 Å². The summed E-state index contributed by atoms with van der Waals surface area (Å²) in [5.74, 6) is -0.519. The summed E-state index contributed by atoms with van der Waals surface area (Å²) in [6.45, 7) is 0.0779. The number of anilines is 2. The fourth-order valence-corrected chi connectivity index (χ4v) is 3.37. The first kappa shape index (κ1) is 22.1. The Bertz CT molecular complexity index is 807. The second-order valence-electron chi connectivity index (χ2n) is 5.65. The Kier molecular flexibility index (Phi) is 7.37. The molecule has 0 heterocycles. The molecule has 0 radical (unpaired) electrons. The molecule has 28 heavy (non-hydrogen) atoms. The summed E-state index contributed by atoms with van der Waals surface area (Å²) in [7, 11) is 0. The van der Waals surface area contributed by atoms with Gasteiger partial charge in [-0.15, -0.1) is 0 Å². The van der Waals surface area contributed by atoms with Crippen molar-refractivity contribution in [2.45, 2.75) is 23.0 Å². The molecule has 0 unspecified atom stereocenters. The van der Waals surface area contributed by atoms with E-state index in [0.717, 1.165) is 12.1 Å². The summed E-state index contributed by atoms with van der Waals surface area (Å²) < 4.78 is 74.9. The second kappa shape index (κ2) is 9.34. The topological polar surface area (TPSA) is 41.1 Å². The van der Waals surface area contributed by atoms with Crippen molar-refractivity contribution in [3.8, 4) is 0 Å². The standard InChI is InChI=1S/C18H16F6N2OSe/c19-17(20,21)12-5-3-6-13(11-12)26-15-8-2-1-7-14(15)16(27)25-9-4-10-28-18(22,23)24/h1-3,5-8,11,26H,4,9-10H2,(H,25,27). The van der Waals surface area contributed by atoms with Crippen molar-refractivity contribution >= 4 is 32.2 Å². The minimum atomic E-state index is -4.49. The molecule has 10 heteroatoms. The van der Waals surface area contributed by atoms with Crippen LogP contribution in [0.25, 0.3) is 0 Å². The van der Waals surface area contributed by atoms with Crippen molar-refractivity contribution in [1.82, 2.24) is 5.32 Å². The number of rotatable bonds is 7. The molecule has 2 rings (SSSR count). The number of halogens is 6. The number of amides is 1. The van der Waals surface area contributed by atoms with Gasteiger partial charge in [0.2, 0.25) is 0 Å². The first-order chi connectivity index (χ1) is 13.1. The third-order valence-corrected chi connectivity index (χ3v) is 5.23. The summed E-state index contributed by atoms with van der Waals surface area (Å²) in [6.07, 6.45) is -4.30. The molecule has 2 N–H and O–H groups in total. The number of para-hydroxylation sites is 1. The molecule has 0 saturated heterocycles. The predicted octanol–water partition coefficient (Wildman–Crippen LogP) is 5.21. The molecule has 0 bridgehead atoms. The van der Waals surface area contributed by atoms with Crippen LogP contribution in [-0.2, 0) is 6.18 Å². The fourth-order valence-electron chi connectivity index (χ4n) is 2.28. The third-order valence-electron chi connectivity index (χ3n) is 3.51. The van der Waals surface area contributed by atoms with Crippen molar-refractivity contribution in [3.63, 3.8) is 0 Å². The number of carbonyl (C=O) groups excluding carboxylic acids is 1. The van der Waals surface area contributed by atoms with E-state index < -0.39 is 37.7 Å². The van der Waals surface area contributed by atoms with Crippen LogP contribution in [0.2, 0.25) is 5.32 Å². The number of nitrogens with one attached hydrogen (secondary N) is 2. The molecule has 0 fully saturated rings. The summed E-state index contributed by atoms with van der Waals surface area (Å²) in [5, 5.41) is 1.10. The third kappa shape index (κ3) is 7.09. The second-order valence-corrected chi connectivity index (χ2v) is 8.09. The first-order valence-corrected chi connectivity index (χ1v) is 10.2. The molecule has 0 aliphatic rings. The molecular formula is C18H16F6N2OSe. The maximum atomic E-state index is 12.8. The van der Waals surface area contributed by atoms with Crippen LogP contribution in [-0.4, -0.2) is 32.5 Å². The molecule has 0 spiro atoms. The molecule has 0 aliphatic heterocycles. The molecule has 0 aromatic heterocycles. The Morgan fingerprint density at radius 2 is 1.68 bits per heavy atom. The first-order valence-electron chi connectivity index (χ1n) is 8.08. The molecular weight excluding hydrogens is 453 g/mol. The Morgan fingerprint density at radius 1 is 0.964 bits per heavy atom. The van der Waals surface area contributed by atoms with Gasteiger partial charge in [0, 0.05) is 0 Å². The predicted molar refractivity (Wildman–Crippen MR) is 94.7 cm³/mol. The summed E-state index contributed by atoms with van der Waals surface area (Å²) in [4.78, 5) is 12.3. The van der Waals surface area contributed by atoms with Crippen LogP contribution < -0.4 is 10.6 Å². The van der Waals surface area contributed by atoms with Gasteiger partial charge in [0.25, 0.3) is 0 Å². The van der Waals surface area contributed by atoms with Gasteiger partial charge in [-0.2, -0.15) is 13.2 Å². The number of carbonyl (C=O) groups is 1. The Hall–Kier alpha value is -2.19. The molecule has 1 amide bonds. The Balaban J connectivity index is 2.02. The van der Waals surface area contributed by atoms with Gasteiger partial charge >= 0.3 is 150 Å². The minimum absolute atomic E-state index is 0.0408. The number of hydrogen-bond acceptors (Lipinski definition) is 2. The molecule has 2 aromatic rings. The quantitative estimate of drug-likeness (QED) is 0.332. The van der Waals surface area contributed by atoms with E-state index in [4.69, 9.17) is 0 Å². The van der Waals surface area contributed by atoms with E-state index in [9.17, 15) is 31.1 Å². The van der Waals surface area contributed by atoms with E-state index in [-0.39, 0.29) is 29.5 Å². The molecule has 3 nitrogen and oxygen atoms in total. The van der Waals surface area contributed by atoms with E-state index in [2.05, 4.69) is 10.6 Å². The summed E-state index contributed by atoms with van der Waals surface area (Å²) in [5.41, 5.74) is -0.200. The zero-order chi connectivity index (χ0) is 20.8. The van der Waals surface area contributed by atoms with Gasteiger partial charge in [-0.25, -0.2) is 0 Å². The van der Waals surface area contributed by atoms with Gasteiger partial charge in [-0.1, -0.05) is 0 Å². The van der Waals surface area contributed by atoms with Gasteiger partial charge in [0.15, 0.2) is 0 Å². The summed E-state index contributed by atoms with van der Waals surface area (Å²) in [6, 6.07) is 10.7. The zero-order valence-corrected chi connectivity index (χ0v) is 16.0. The van der Waals surface area contributed by atoms with E-state index in [1.165, 1.54) is 24.3 Å². The van der Waals surface area contributed by atoms with Crippen LogP contribution in [0.4, 0.5) is 37.7 Å². The maximum absolute atomic E-state index is 12.8. The molecule has 152 valence electrons. The van der Waals surface area contributed by atoms with Crippen molar-refractivity contribution in [2.75, 3.05) is 11.9 Å². The van der Waals surface area contributed by atoms with Gasteiger partial charge in [0.05, 0.1) is 0 Å². The monoisotopic (exact) mass is 470 g/mol. The van der Waals surface area contributed by atoms with Crippen LogP contribution in [0.3, 0.4) is 0 Å². The zero-order valence-electron chi connectivity index (χ0n) is 14.3. The number of alkyl halides is 6. The molecule has 2 aromatic carbocycles. The van der Waals surface area contributed by atoms with Crippen molar-refractivity contribution in [1.29, 1.82) is 0 Å². The fraction of sp³-hybridized carbons (Fsp3) is 0.278. The SMILES string of the molecule is O=C(NCCC[Se]C(F)(F)F)c1ccccc1Nc1cccc(C(F)(F)F)c1. The van der Waals surface area contributed by atoms with Crippen LogP contribution >= 0.6 is 0 Å². The van der Waals surface area contributed by atoms with Crippen LogP contribution in [0.5, 0.6) is 0 Å². The van der Waals surface area contributed by atoms with E-state index in [1.54, 1.807) is 12.1 Å². The summed E-state index contributed by atoms with van der Waals surface area (Å²) >= 11 is -1.49. The number of hydrogen-bond donors (Lipinski definition) is 2. The van der Waals surface area contributed by atoms with E-state index in [0.29, 0.717) is 5.69 Å². The molecule has 0 atom stereocenters. The van der Waals surface area contributed by atoms with Crippen molar-refractivity contribution in [3.05, 3.63) is 59.7 Å². The van der Waals surface area contributed by atoms with Crippen LogP contribution in [0, 0.1) is 0 Å². The van der Waals surface area contributed by atoms with Gasteiger partial charge < -0.3 is 0 Å². The van der Waals surface area contributed by atoms with E-state index in [1.807, 2.05) is 0 Å². The van der Waals surface area contributed by atoms with Gasteiger partial charge in [-0.3, -0.25) is 0 Å². The van der Waals surface area contributed by atoms with Crippen molar-refractivity contribution in [2.24, 2.45) is 0 Å². The average molecular weight is 469 g/mol. The van der Waals surface area contributed by atoms with Crippen LogP contribution in [0.1, 0.15) is 22.3 Å². The molecule has 0 aliphatic carbocycles. The molecule has 0 saturated carbocycles. The van der Waals surface area contributed by atoms with Gasteiger partial charge in [0.1, 0.15) is 0 Å². The average Bonchev–Trinajstić information content (AvgIpc) is 2.60. The Morgan fingerprint density at radius 3 is 2.36 bits per heavy atom. The van der Waals surface area contributed by atoms with Gasteiger partial charge in [-0.05, 0) is 0 Å².